The van der Waals surface area contributed by atoms with Crippen LogP contribution < -0.4 is 10.9 Å². The Morgan fingerprint density at radius 1 is 0.931 bits per heavy atom. The van der Waals surface area contributed by atoms with Gasteiger partial charge in [0.1, 0.15) is 5.82 Å². The monoisotopic (exact) mass is 395 g/mol. The van der Waals surface area contributed by atoms with Gasteiger partial charge in [0, 0.05) is 36.4 Å². The molecule has 0 spiro atoms. The van der Waals surface area contributed by atoms with Crippen LogP contribution in [-0.2, 0) is 11.2 Å². The van der Waals surface area contributed by atoms with E-state index in [1.165, 1.54) is 12.1 Å². The van der Waals surface area contributed by atoms with Crippen molar-refractivity contribution in [3.05, 3.63) is 60.5 Å². The molecule has 0 fully saturated rings. The molecule has 4 aromatic rings. The molecule has 0 unspecified atom stereocenters. The molecule has 3 aromatic heterocycles. The number of aryl methyl sites for hydroxylation is 1. The number of anilines is 1. The maximum absolute atomic E-state index is 13.0. The van der Waals surface area contributed by atoms with Crippen LogP contribution in [0.4, 0.5) is 10.4 Å². The number of hydrazine groups is 1. The SMILES string of the molecule is O=C(CCc1nc(-c2ccc(F)cc2)no1)NNc1nc(-c2ccncc2)no1. The quantitative estimate of drug-likeness (QED) is 0.453. The lowest BCUT2D eigenvalue weighted by Gasteiger charge is -2.02. The second-order valence-corrected chi connectivity index (χ2v) is 5.85. The molecule has 3 heterocycles. The van der Waals surface area contributed by atoms with Gasteiger partial charge in [-0.15, -0.1) is 0 Å². The summed E-state index contributed by atoms with van der Waals surface area (Å²) in [6.07, 6.45) is 3.54. The smallest absolute Gasteiger partial charge is 0.339 e. The highest BCUT2D eigenvalue weighted by atomic mass is 19.1. The number of rotatable bonds is 7. The maximum Gasteiger partial charge on any atom is 0.340 e. The number of amides is 1. The number of hydrogen-bond acceptors (Lipinski definition) is 9. The summed E-state index contributed by atoms with van der Waals surface area (Å²) in [6, 6.07) is 9.22. The van der Waals surface area contributed by atoms with E-state index in [0.29, 0.717) is 17.2 Å². The molecule has 0 atom stereocenters. The minimum atomic E-state index is -0.351. The number of pyridine rings is 1. The third-order valence-electron chi connectivity index (χ3n) is 3.81. The highest BCUT2D eigenvalue weighted by Gasteiger charge is 2.12. The van der Waals surface area contributed by atoms with Gasteiger partial charge in [0.05, 0.1) is 0 Å². The molecule has 0 bridgehead atoms. The Bertz CT molecular complexity index is 1100. The first-order valence-electron chi connectivity index (χ1n) is 8.55. The van der Waals surface area contributed by atoms with Crippen LogP contribution in [0.3, 0.4) is 0 Å². The van der Waals surface area contributed by atoms with E-state index in [4.69, 9.17) is 9.05 Å². The summed E-state index contributed by atoms with van der Waals surface area (Å²) < 4.78 is 23.1. The number of aromatic nitrogens is 5. The lowest BCUT2D eigenvalue weighted by Crippen LogP contribution is -2.29. The normalized spacial score (nSPS) is 10.7. The van der Waals surface area contributed by atoms with Gasteiger partial charge in [0.15, 0.2) is 0 Å². The van der Waals surface area contributed by atoms with Crippen molar-refractivity contribution in [2.75, 3.05) is 5.43 Å². The molecule has 11 heteroatoms. The summed E-state index contributed by atoms with van der Waals surface area (Å²) in [4.78, 5) is 24.2. The van der Waals surface area contributed by atoms with Gasteiger partial charge in [0.2, 0.25) is 23.4 Å². The molecule has 1 aromatic carbocycles. The van der Waals surface area contributed by atoms with Gasteiger partial charge in [-0.3, -0.25) is 15.2 Å². The van der Waals surface area contributed by atoms with E-state index in [-0.39, 0.29) is 36.5 Å². The second kappa shape index (κ2) is 8.25. The van der Waals surface area contributed by atoms with E-state index in [0.717, 1.165) is 5.56 Å². The van der Waals surface area contributed by atoms with Crippen LogP contribution in [0.5, 0.6) is 0 Å². The molecule has 0 radical (unpaired) electrons. The van der Waals surface area contributed by atoms with Gasteiger partial charge in [-0.05, 0) is 36.4 Å². The van der Waals surface area contributed by atoms with Crippen molar-refractivity contribution in [3.63, 3.8) is 0 Å². The van der Waals surface area contributed by atoms with Crippen LogP contribution in [0.1, 0.15) is 12.3 Å². The van der Waals surface area contributed by atoms with Crippen molar-refractivity contribution in [1.29, 1.82) is 0 Å². The fourth-order valence-electron chi connectivity index (χ4n) is 2.37. The van der Waals surface area contributed by atoms with Crippen molar-refractivity contribution in [1.82, 2.24) is 30.7 Å². The number of benzene rings is 1. The van der Waals surface area contributed by atoms with Crippen LogP contribution in [0, 0.1) is 5.82 Å². The largest absolute Gasteiger partial charge is 0.340 e. The minimum Gasteiger partial charge on any atom is -0.339 e. The van der Waals surface area contributed by atoms with Crippen molar-refractivity contribution in [3.8, 4) is 22.8 Å². The van der Waals surface area contributed by atoms with E-state index in [9.17, 15) is 9.18 Å². The predicted molar refractivity (Wildman–Crippen MR) is 97.3 cm³/mol. The molecule has 10 nitrogen and oxygen atoms in total. The van der Waals surface area contributed by atoms with Gasteiger partial charge < -0.3 is 9.05 Å². The fraction of sp³-hybridized carbons (Fsp3) is 0.111. The first kappa shape index (κ1) is 18.2. The van der Waals surface area contributed by atoms with Crippen LogP contribution in [0.25, 0.3) is 22.8 Å². The molecule has 0 saturated heterocycles. The second-order valence-electron chi connectivity index (χ2n) is 5.85. The van der Waals surface area contributed by atoms with Gasteiger partial charge in [-0.2, -0.15) is 9.97 Å². The van der Waals surface area contributed by atoms with Crippen molar-refractivity contribution < 1.29 is 18.2 Å². The Labute approximate surface area is 163 Å². The van der Waals surface area contributed by atoms with Gasteiger partial charge >= 0.3 is 6.01 Å². The third kappa shape index (κ3) is 4.58. The third-order valence-corrected chi connectivity index (χ3v) is 3.81. The molecule has 2 N–H and O–H groups in total. The fourth-order valence-corrected chi connectivity index (χ4v) is 2.37. The number of carbonyl (C=O) groups is 1. The van der Waals surface area contributed by atoms with Crippen LogP contribution in [-0.4, -0.2) is 31.2 Å². The molecule has 0 saturated carbocycles. The zero-order valence-electron chi connectivity index (χ0n) is 14.9. The number of carbonyl (C=O) groups excluding carboxylic acids is 1. The average molecular weight is 395 g/mol. The zero-order chi connectivity index (χ0) is 20.1. The van der Waals surface area contributed by atoms with E-state index in [1.807, 2.05) is 0 Å². The first-order chi connectivity index (χ1) is 14.2. The Kier molecular flexibility index (Phi) is 5.18. The van der Waals surface area contributed by atoms with Crippen molar-refractivity contribution in [2.24, 2.45) is 0 Å². The summed E-state index contributed by atoms with van der Waals surface area (Å²) in [7, 11) is 0. The molecule has 0 aliphatic carbocycles. The summed E-state index contributed by atoms with van der Waals surface area (Å²) in [5, 5.41) is 7.64. The molecule has 1 amide bonds. The van der Waals surface area contributed by atoms with Crippen molar-refractivity contribution >= 4 is 11.9 Å². The minimum absolute atomic E-state index is 0.0431. The highest BCUT2D eigenvalue weighted by molar-refractivity contribution is 5.77. The molecule has 146 valence electrons. The molecule has 0 aliphatic rings. The molecule has 29 heavy (non-hydrogen) atoms. The van der Waals surface area contributed by atoms with E-state index in [1.54, 1.807) is 36.7 Å². The standard InChI is InChI=1S/C18H14FN7O3/c19-13-3-1-11(2-4-13)16-21-15(28-25-16)6-5-14(27)23-24-18-22-17(26-29-18)12-7-9-20-10-8-12/h1-4,7-10H,5-6H2,(H,23,27)(H,22,24,26). The number of nitrogens with zero attached hydrogens (tertiary/aromatic N) is 5. The Hall–Kier alpha value is -4.15. The molecule has 4 rings (SSSR count). The lowest BCUT2D eigenvalue weighted by atomic mass is 10.2. The Balaban J connectivity index is 1.27. The van der Waals surface area contributed by atoms with Crippen molar-refractivity contribution in [2.45, 2.75) is 12.8 Å². The predicted octanol–water partition coefficient (Wildman–Crippen LogP) is 2.40. The van der Waals surface area contributed by atoms with Gasteiger partial charge in [-0.1, -0.05) is 10.3 Å². The number of halogens is 1. The summed E-state index contributed by atoms with van der Waals surface area (Å²) in [5.41, 5.74) is 6.35. The molecule has 0 aliphatic heterocycles. The van der Waals surface area contributed by atoms with Gasteiger partial charge in [-0.25, -0.2) is 9.82 Å². The summed E-state index contributed by atoms with van der Waals surface area (Å²) in [5.74, 6) is 0.291. The summed E-state index contributed by atoms with van der Waals surface area (Å²) >= 11 is 0. The van der Waals surface area contributed by atoms with Crippen LogP contribution >= 0.6 is 0 Å². The highest BCUT2D eigenvalue weighted by Crippen LogP contribution is 2.17. The first-order valence-corrected chi connectivity index (χ1v) is 8.55. The average Bonchev–Trinajstić information content (AvgIpc) is 3.42. The maximum atomic E-state index is 13.0. The topological polar surface area (TPSA) is 132 Å². The Morgan fingerprint density at radius 2 is 1.62 bits per heavy atom. The zero-order valence-corrected chi connectivity index (χ0v) is 14.9. The summed E-state index contributed by atoms with van der Waals surface area (Å²) in [6.45, 7) is 0. The van der Waals surface area contributed by atoms with E-state index < -0.39 is 0 Å². The molecular formula is C18H14FN7O3. The number of hydrogen-bond donors (Lipinski definition) is 2. The van der Waals surface area contributed by atoms with Crippen LogP contribution in [0.2, 0.25) is 0 Å². The lowest BCUT2D eigenvalue weighted by molar-refractivity contribution is -0.120. The van der Waals surface area contributed by atoms with Gasteiger partial charge in [0.25, 0.3) is 0 Å². The van der Waals surface area contributed by atoms with E-state index >= 15 is 0 Å². The van der Waals surface area contributed by atoms with E-state index in [2.05, 4.69) is 36.1 Å². The molecular weight excluding hydrogens is 381 g/mol. The number of nitrogens with one attached hydrogen (secondary N) is 2. The Morgan fingerprint density at radius 3 is 2.41 bits per heavy atom. The van der Waals surface area contributed by atoms with Crippen LogP contribution in [0.15, 0.2) is 57.8 Å².